The second-order valence-electron chi connectivity index (χ2n) is 40.8. The van der Waals surface area contributed by atoms with E-state index in [4.69, 9.17) is 28.4 Å². The number of fused-ring (bicyclic) bond motifs is 4. The molecule has 12 aromatic rings. The predicted molar refractivity (Wildman–Crippen MR) is 561 cm³/mol. The van der Waals surface area contributed by atoms with Crippen LogP contribution in [0.3, 0.4) is 0 Å². The highest BCUT2D eigenvalue weighted by Crippen LogP contribution is 2.46. The normalized spacial score (nSPS) is 18.2. The summed E-state index contributed by atoms with van der Waals surface area (Å²) >= 11 is 0. The summed E-state index contributed by atoms with van der Waals surface area (Å²) in [5.74, 6) is 6.38. The van der Waals surface area contributed by atoms with Crippen molar-refractivity contribution in [3.63, 3.8) is 0 Å². The Balaban J connectivity index is 0.000000140. The molecule has 6 aromatic carbocycles. The zero-order valence-electron chi connectivity index (χ0n) is 85.6. The summed E-state index contributed by atoms with van der Waals surface area (Å²) in [5.41, 5.74) is 7.72. The zero-order valence-corrected chi connectivity index (χ0v) is 85.6. The van der Waals surface area contributed by atoms with Crippen LogP contribution in [0, 0.1) is 70.1 Å². The van der Waals surface area contributed by atoms with Crippen molar-refractivity contribution in [2.24, 2.45) is 46.8 Å². The molecular formula is C120H138F4N12O12. The molecule has 0 radical (unpaired) electrons. The summed E-state index contributed by atoms with van der Waals surface area (Å²) in [6.07, 6.45) is 35.6. The van der Waals surface area contributed by atoms with Crippen molar-refractivity contribution in [2.45, 2.75) is 259 Å². The number of amides is 6. The van der Waals surface area contributed by atoms with Gasteiger partial charge in [-0.15, -0.1) is 0 Å². The molecule has 28 heteroatoms. The van der Waals surface area contributed by atoms with Gasteiger partial charge in [0.25, 0.3) is 35.4 Å². The second-order valence-corrected chi connectivity index (χ2v) is 40.8. The first-order chi connectivity index (χ1) is 71.6. The van der Waals surface area contributed by atoms with E-state index in [1.807, 2.05) is 91.9 Å². The van der Waals surface area contributed by atoms with E-state index in [9.17, 15) is 46.3 Å². The van der Waals surface area contributed by atoms with E-state index in [0.717, 1.165) is 47.6 Å². The quantitative estimate of drug-likeness (QED) is 0.0208. The summed E-state index contributed by atoms with van der Waals surface area (Å²) in [6, 6.07) is 65.8. The van der Waals surface area contributed by atoms with E-state index in [1.54, 1.807) is 128 Å². The Morgan fingerprint density at radius 2 is 0.534 bits per heavy atom. The van der Waals surface area contributed by atoms with Gasteiger partial charge >= 0.3 is 0 Å². The number of rotatable bonds is 33. The number of benzene rings is 6. The Morgan fingerprint density at radius 1 is 0.284 bits per heavy atom. The Hall–Kier alpha value is -14.4. The third-order valence-corrected chi connectivity index (χ3v) is 28.9. The molecule has 10 atom stereocenters. The lowest BCUT2D eigenvalue weighted by atomic mass is 9.80. The molecule has 6 aromatic heterocycles. The number of hydrogen-bond donors (Lipinski definition) is 6. The van der Waals surface area contributed by atoms with Crippen LogP contribution >= 0.6 is 0 Å². The van der Waals surface area contributed by atoms with E-state index in [-0.39, 0.29) is 115 Å². The number of halogens is 4. The second kappa shape index (κ2) is 55.4. The number of nitrogens with zero attached hydrogens (tertiary/aromatic N) is 6. The number of hydrogen-bond acceptors (Lipinski definition) is 18. The minimum absolute atomic E-state index is 0.00409. The van der Waals surface area contributed by atoms with Gasteiger partial charge in [0.2, 0.25) is 0 Å². The molecule has 0 saturated heterocycles. The Kier molecular flexibility index (Phi) is 40.9. The van der Waals surface area contributed by atoms with Gasteiger partial charge < -0.3 is 60.3 Å². The summed E-state index contributed by atoms with van der Waals surface area (Å²) < 4.78 is 85.8. The lowest BCUT2D eigenvalue weighted by Gasteiger charge is -2.31. The van der Waals surface area contributed by atoms with Gasteiger partial charge in [-0.1, -0.05) is 139 Å². The fraction of sp³-hybridized carbons (Fsp3) is 0.400. The summed E-state index contributed by atoms with van der Waals surface area (Å²) in [4.78, 5) is 99.7. The molecule has 6 heterocycles. The number of carbonyl (C=O) groups excluding carboxylic acids is 6. The summed E-state index contributed by atoms with van der Waals surface area (Å²) in [7, 11) is 0. The molecule has 6 unspecified atom stereocenters. The molecule has 4 bridgehead atoms. The third kappa shape index (κ3) is 34.9. The minimum atomic E-state index is -0.347. The van der Waals surface area contributed by atoms with Crippen LogP contribution in [0.25, 0.3) is 0 Å². The largest absolute Gasteiger partial charge is 0.487 e. The van der Waals surface area contributed by atoms with E-state index in [0.29, 0.717) is 134 Å². The van der Waals surface area contributed by atoms with Crippen LogP contribution in [-0.2, 0) is 39.6 Å². The van der Waals surface area contributed by atoms with Crippen LogP contribution in [0.2, 0.25) is 0 Å². The molecule has 0 aliphatic heterocycles. The molecule has 7 fully saturated rings. The molecule has 24 nitrogen and oxygen atoms in total. The van der Waals surface area contributed by atoms with E-state index in [1.165, 1.54) is 177 Å². The lowest BCUT2D eigenvalue weighted by Crippen LogP contribution is -2.41. The molecule has 6 N–H and O–H groups in total. The van der Waals surface area contributed by atoms with Crippen LogP contribution in [0.4, 0.5) is 17.6 Å². The average Bonchev–Trinajstić information content (AvgIpc) is 1.67. The van der Waals surface area contributed by atoms with Gasteiger partial charge in [0, 0.05) is 97.7 Å². The van der Waals surface area contributed by atoms with Gasteiger partial charge in [0.1, 0.15) is 97.4 Å². The molecule has 7 aliphatic carbocycles. The highest BCUT2D eigenvalue weighted by atomic mass is 19.1. The topological polar surface area (TPSA) is 307 Å². The molecule has 19 rings (SSSR count). The highest BCUT2D eigenvalue weighted by molar-refractivity contribution is 5.97. The van der Waals surface area contributed by atoms with Crippen LogP contribution in [0.1, 0.15) is 280 Å². The molecule has 778 valence electrons. The number of aromatic nitrogens is 6. The monoisotopic (exact) mass is 2020 g/mol. The maximum Gasteiger partial charge on any atom is 0.253 e. The van der Waals surface area contributed by atoms with Crippen molar-refractivity contribution < 1.29 is 74.8 Å². The van der Waals surface area contributed by atoms with Crippen LogP contribution in [-0.4, -0.2) is 102 Å². The van der Waals surface area contributed by atoms with Crippen molar-refractivity contribution in [1.82, 2.24) is 61.8 Å². The Bertz CT molecular complexity index is 6190. The summed E-state index contributed by atoms with van der Waals surface area (Å²) in [6.45, 7) is 16.1. The standard InChI is InChI=1S/C21H25FN2O2.C21H26N2O2.C20H21FN2O2.C20H22N2O2.C19H21FN2O2.C19H23FN2O2/c1-15(16-6-3-2-4-7-16)24-21(25)17-10-11-19(23-13-17)14-26-20-9-5-8-18(22)12-20;1-16(17-8-4-2-5-9-17)23-21(24)18-12-13-19(22-14-18)15-25-20-10-6-3-7-11-20;21-16-2-1-3-18(10-16)25-12-17-7-6-15(11-22-17)20(24)23-19-9-13-4-5-14(19)8-13;23-20(22-19-11-14-6-7-15(19)10-14)16-8-9-17(21-12-16)13-24-18-4-2-1-3-5-18;1-13(14-4-2-5-14)22-19(23)15-8-9-17(21-11-15)12-24-18-7-3-6-16(20)10-18;1-13(19(2,3)4)22-18(23)14-8-9-16(21-11-14)12-24-17-7-5-6-15(20)10-17/h5,8-13,15-16H,2-4,6-7,14H2,1H3,(H,24,25);3,6-7,10-14,16-17H,2,4-5,8-9,15H2,1H3,(H,23,24);1-3,6-7,10-11,13-14,19H,4-5,8-9,12H2,(H,23,24);1-5,8-9,12,14-15,19H,6-7,10-11,13H2,(H,22,23);3,6-11,13-14H,2,4-5,12H2,1H3,(H,22,23);5-11,13H,12H2,1-4H3,(H,22,23)/t15-;16-;;;2*13-/m11..11/s1. The van der Waals surface area contributed by atoms with E-state index in [2.05, 4.69) is 103 Å². The van der Waals surface area contributed by atoms with E-state index < -0.39 is 0 Å². The number of ether oxygens (including phenoxy) is 6. The van der Waals surface area contributed by atoms with Crippen molar-refractivity contribution in [2.75, 3.05) is 0 Å². The van der Waals surface area contributed by atoms with Gasteiger partial charge in [-0.05, 0) is 297 Å². The van der Waals surface area contributed by atoms with Gasteiger partial charge in [0.05, 0.1) is 67.5 Å². The fourth-order valence-corrected chi connectivity index (χ4v) is 19.3. The maximum absolute atomic E-state index is 13.1. The van der Waals surface area contributed by atoms with Crippen molar-refractivity contribution >= 4 is 35.4 Å². The van der Waals surface area contributed by atoms with Crippen LogP contribution in [0.15, 0.2) is 268 Å². The average molecular weight is 2020 g/mol. The van der Waals surface area contributed by atoms with E-state index >= 15 is 0 Å². The molecule has 7 aliphatic rings. The molecule has 7 saturated carbocycles. The number of nitrogens with one attached hydrogen (secondary N) is 6. The summed E-state index contributed by atoms with van der Waals surface area (Å²) in [5, 5.41) is 18.6. The number of pyridine rings is 6. The van der Waals surface area contributed by atoms with Gasteiger partial charge in [0.15, 0.2) is 0 Å². The first-order valence-electron chi connectivity index (χ1n) is 52.1. The van der Waals surface area contributed by atoms with Crippen molar-refractivity contribution in [1.29, 1.82) is 0 Å². The molecule has 148 heavy (non-hydrogen) atoms. The fourth-order valence-electron chi connectivity index (χ4n) is 19.3. The predicted octanol–water partition coefficient (Wildman–Crippen LogP) is 23.8. The van der Waals surface area contributed by atoms with Gasteiger partial charge in [-0.2, -0.15) is 0 Å². The number of carbonyl (C=O) groups is 6. The van der Waals surface area contributed by atoms with Crippen LogP contribution in [0.5, 0.6) is 34.5 Å². The van der Waals surface area contributed by atoms with Crippen molar-refractivity contribution in [3.05, 3.63) is 359 Å². The first kappa shape index (κ1) is 109. The SMILES string of the molecule is C[C@@H](NC(=O)c1ccc(COc2cccc(F)c2)nc1)C(C)(C)C.C[C@@H](NC(=O)c1ccc(COc2cccc(F)c2)nc1)C1CCC1.C[C@@H](NC(=O)c1ccc(COc2cccc(F)c2)nc1)C1CCCCC1.C[C@@H](NC(=O)c1ccc(COc2ccccc2)nc1)C1CCCCC1.O=C(NC1CC2CCC1C2)c1ccc(COc2cccc(F)c2)nc1.O=C(NC1CC2CCC1C2)c1ccc(COc2ccccc2)nc1. The minimum Gasteiger partial charge on any atom is -0.487 e. The third-order valence-electron chi connectivity index (χ3n) is 28.9. The first-order valence-corrected chi connectivity index (χ1v) is 52.1. The highest BCUT2D eigenvalue weighted by Gasteiger charge is 2.42. The lowest BCUT2D eigenvalue weighted by molar-refractivity contribution is 0.0901. The Labute approximate surface area is 866 Å². The Morgan fingerprint density at radius 3 is 0.757 bits per heavy atom. The number of para-hydroxylation sites is 2. The zero-order chi connectivity index (χ0) is 104. The smallest absolute Gasteiger partial charge is 0.253 e. The van der Waals surface area contributed by atoms with Crippen molar-refractivity contribution in [3.8, 4) is 34.5 Å². The van der Waals surface area contributed by atoms with Gasteiger partial charge in [-0.25, -0.2) is 17.6 Å². The van der Waals surface area contributed by atoms with Gasteiger partial charge in [-0.3, -0.25) is 58.7 Å². The van der Waals surface area contributed by atoms with Crippen LogP contribution < -0.4 is 60.3 Å². The molecular weight excluding hydrogens is 1880 g/mol. The molecule has 0 spiro atoms. The maximum atomic E-state index is 13.1. The molecule has 6 amide bonds.